The Morgan fingerprint density at radius 1 is 1.04 bits per heavy atom. The van der Waals surface area contributed by atoms with Gasteiger partial charge in [-0.25, -0.2) is 4.90 Å². The standard InChI is InChI=1S/C21H19ClN2O2S/c1-14-12-15(8-9-17(14)23-10-4-5-11-23)13-19-20(25)24(21(26)27-19)18-7-3-2-6-16(18)22/h2-3,6-9,12-13H,4-5,10-11H2,1H3/b19-13-. The van der Waals surface area contributed by atoms with Gasteiger partial charge >= 0.3 is 0 Å². The topological polar surface area (TPSA) is 40.6 Å². The molecule has 2 aromatic carbocycles. The van der Waals surface area contributed by atoms with Crippen LogP contribution in [0, 0.1) is 6.92 Å². The molecule has 0 aliphatic carbocycles. The summed E-state index contributed by atoms with van der Waals surface area (Å²) in [5.41, 5.74) is 3.76. The minimum absolute atomic E-state index is 0.329. The van der Waals surface area contributed by atoms with Crippen molar-refractivity contribution in [1.29, 1.82) is 0 Å². The average molecular weight is 399 g/mol. The number of benzene rings is 2. The van der Waals surface area contributed by atoms with Gasteiger partial charge in [0.2, 0.25) is 0 Å². The van der Waals surface area contributed by atoms with Crippen LogP contribution in [0.5, 0.6) is 0 Å². The number of thioether (sulfide) groups is 1. The molecule has 2 aliphatic heterocycles. The van der Waals surface area contributed by atoms with Crippen LogP contribution in [0.4, 0.5) is 16.2 Å². The first-order valence-corrected chi connectivity index (χ1v) is 10.1. The molecule has 4 rings (SSSR count). The van der Waals surface area contributed by atoms with E-state index in [1.807, 2.05) is 6.07 Å². The molecule has 0 N–H and O–H groups in total. The molecule has 2 fully saturated rings. The minimum Gasteiger partial charge on any atom is -0.371 e. The number of halogens is 1. The summed E-state index contributed by atoms with van der Waals surface area (Å²) in [6.07, 6.45) is 4.25. The summed E-state index contributed by atoms with van der Waals surface area (Å²) in [5.74, 6) is -0.334. The van der Waals surface area contributed by atoms with Gasteiger partial charge in [0.15, 0.2) is 0 Å². The van der Waals surface area contributed by atoms with E-state index in [1.165, 1.54) is 24.1 Å². The number of anilines is 2. The zero-order chi connectivity index (χ0) is 19.0. The lowest BCUT2D eigenvalue weighted by Crippen LogP contribution is -2.27. The molecule has 2 aromatic rings. The van der Waals surface area contributed by atoms with Crippen molar-refractivity contribution in [2.24, 2.45) is 0 Å². The van der Waals surface area contributed by atoms with E-state index in [1.54, 1.807) is 30.3 Å². The van der Waals surface area contributed by atoms with Crippen LogP contribution in [0.25, 0.3) is 6.08 Å². The average Bonchev–Trinajstić information content (AvgIpc) is 3.25. The van der Waals surface area contributed by atoms with Crippen LogP contribution in [0.3, 0.4) is 0 Å². The van der Waals surface area contributed by atoms with Crippen molar-refractivity contribution < 1.29 is 9.59 Å². The van der Waals surface area contributed by atoms with Crippen LogP contribution < -0.4 is 9.80 Å². The van der Waals surface area contributed by atoms with Crippen LogP contribution >= 0.6 is 23.4 Å². The Hall–Kier alpha value is -2.24. The number of nitrogens with zero attached hydrogens (tertiary/aromatic N) is 2. The van der Waals surface area contributed by atoms with E-state index in [2.05, 4.69) is 24.0 Å². The highest BCUT2D eigenvalue weighted by atomic mass is 35.5. The molecule has 2 aliphatic rings. The molecule has 2 amide bonds. The molecule has 0 bridgehead atoms. The van der Waals surface area contributed by atoms with Crippen LogP contribution in [-0.4, -0.2) is 24.2 Å². The Bertz CT molecular complexity index is 951. The number of hydrogen-bond acceptors (Lipinski definition) is 4. The molecule has 0 aromatic heterocycles. The predicted molar refractivity (Wildman–Crippen MR) is 113 cm³/mol. The minimum atomic E-state index is -0.334. The molecular formula is C21H19ClN2O2S. The van der Waals surface area contributed by atoms with E-state index in [4.69, 9.17) is 11.6 Å². The molecule has 4 nitrogen and oxygen atoms in total. The molecular weight excluding hydrogens is 380 g/mol. The molecule has 2 saturated heterocycles. The monoisotopic (exact) mass is 398 g/mol. The summed E-state index contributed by atoms with van der Waals surface area (Å²) in [7, 11) is 0. The molecule has 138 valence electrons. The number of aryl methyl sites for hydroxylation is 1. The largest absolute Gasteiger partial charge is 0.371 e. The van der Waals surface area contributed by atoms with Crippen molar-refractivity contribution in [2.75, 3.05) is 22.9 Å². The van der Waals surface area contributed by atoms with Crippen molar-refractivity contribution in [2.45, 2.75) is 19.8 Å². The smallest absolute Gasteiger partial charge is 0.298 e. The second-order valence-corrected chi connectivity index (χ2v) is 8.11. The van der Waals surface area contributed by atoms with E-state index >= 15 is 0 Å². The van der Waals surface area contributed by atoms with Crippen molar-refractivity contribution in [1.82, 2.24) is 0 Å². The van der Waals surface area contributed by atoms with E-state index in [9.17, 15) is 9.59 Å². The Kier molecular flexibility index (Phi) is 4.98. The number of para-hydroxylation sites is 1. The first kappa shape index (κ1) is 18.1. The van der Waals surface area contributed by atoms with E-state index < -0.39 is 0 Å². The Balaban J connectivity index is 1.61. The molecule has 0 unspecified atom stereocenters. The second-order valence-electron chi connectivity index (χ2n) is 6.71. The molecule has 27 heavy (non-hydrogen) atoms. The predicted octanol–water partition coefficient (Wildman–Crippen LogP) is 5.49. The van der Waals surface area contributed by atoms with Gasteiger partial charge in [0.25, 0.3) is 11.1 Å². The summed E-state index contributed by atoms with van der Waals surface area (Å²) in [5, 5.41) is 0.0524. The van der Waals surface area contributed by atoms with Crippen LogP contribution in [0.2, 0.25) is 5.02 Å². The van der Waals surface area contributed by atoms with Gasteiger partial charge in [-0.15, -0.1) is 0 Å². The maximum Gasteiger partial charge on any atom is 0.298 e. The van der Waals surface area contributed by atoms with Gasteiger partial charge in [-0.3, -0.25) is 9.59 Å². The highest BCUT2D eigenvalue weighted by molar-refractivity contribution is 8.19. The molecule has 0 spiro atoms. The normalized spacial score (nSPS) is 18.8. The van der Waals surface area contributed by atoms with Crippen molar-refractivity contribution in [3.63, 3.8) is 0 Å². The fraction of sp³-hybridized carbons (Fsp3) is 0.238. The quantitative estimate of drug-likeness (QED) is 0.641. The van der Waals surface area contributed by atoms with Crippen LogP contribution in [0.15, 0.2) is 47.4 Å². The molecule has 0 saturated carbocycles. The van der Waals surface area contributed by atoms with Gasteiger partial charge in [0, 0.05) is 18.8 Å². The van der Waals surface area contributed by atoms with Gasteiger partial charge in [-0.05, 0) is 73.0 Å². The summed E-state index contributed by atoms with van der Waals surface area (Å²) in [4.78, 5) is 29.1. The lowest BCUT2D eigenvalue weighted by atomic mass is 10.1. The van der Waals surface area contributed by atoms with Crippen molar-refractivity contribution in [3.05, 3.63) is 63.5 Å². The Morgan fingerprint density at radius 2 is 1.78 bits per heavy atom. The fourth-order valence-corrected chi connectivity index (χ4v) is 4.60. The van der Waals surface area contributed by atoms with Crippen LogP contribution in [-0.2, 0) is 4.79 Å². The zero-order valence-corrected chi connectivity index (χ0v) is 16.5. The van der Waals surface area contributed by atoms with Crippen LogP contribution in [0.1, 0.15) is 24.0 Å². The zero-order valence-electron chi connectivity index (χ0n) is 14.9. The number of hydrogen-bond donors (Lipinski definition) is 0. The summed E-state index contributed by atoms with van der Waals surface area (Å²) in [6.45, 7) is 4.27. The van der Waals surface area contributed by atoms with Crippen molar-refractivity contribution in [3.8, 4) is 0 Å². The van der Waals surface area contributed by atoms with E-state index in [-0.39, 0.29) is 11.1 Å². The molecule has 6 heteroatoms. The van der Waals surface area contributed by atoms with Gasteiger partial charge in [-0.2, -0.15) is 0 Å². The third-order valence-corrected chi connectivity index (χ3v) is 6.04. The van der Waals surface area contributed by atoms with Gasteiger partial charge in [0.05, 0.1) is 15.6 Å². The van der Waals surface area contributed by atoms with Gasteiger partial charge in [0.1, 0.15) is 0 Å². The summed E-state index contributed by atoms with van der Waals surface area (Å²) < 4.78 is 0. The first-order valence-electron chi connectivity index (χ1n) is 8.93. The first-order chi connectivity index (χ1) is 13.0. The third kappa shape index (κ3) is 3.49. The number of carbonyl (C=O) groups is 2. The highest BCUT2D eigenvalue weighted by Crippen LogP contribution is 2.38. The summed E-state index contributed by atoms with van der Waals surface area (Å²) in [6, 6.07) is 13.0. The molecule has 0 radical (unpaired) electrons. The number of amides is 2. The number of imide groups is 1. The summed E-state index contributed by atoms with van der Waals surface area (Å²) >= 11 is 7.11. The van der Waals surface area contributed by atoms with Crippen molar-refractivity contribution >= 4 is 52.0 Å². The number of rotatable bonds is 3. The van der Waals surface area contributed by atoms with Gasteiger partial charge in [-0.1, -0.05) is 29.8 Å². The maximum atomic E-state index is 12.8. The Morgan fingerprint density at radius 3 is 2.48 bits per heavy atom. The highest BCUT2D eigenvalue weighted by Gasteiger charge is 2.37. The lowest BCUT2D eigenvalue weighted by molar-refractivity contribution is -0.113. The molecule has 0 atom stereocenters. The second kappa shape index (κ2) is 7.41. The number of carbonyl (C=O) groups excluding carboxylic acids is 2. The fourth-order valence-electron chi connectivity index (χ4n) is 3.54. The lowest BCUT2D eigenvalue weighted by Gasteiger charge is -2.20. The van der Waals surface area contributed by atoms with E-state index in [0.717, 1.165) is 35.3 Å². The Labute approximate surface area is 167 Å². The van der Waals surface area contributed by atoms with Gasteiger partial charge < -0.3 is 4.90 Å². The molecule has 2 heterocycles. The van der Waals surface area contributed by atoms with E-state index in [0.29, 0.717) is 15.6 Å². The maximum absolute atomic E-state index is 12.8. The SMILES string of the molecule is Cc1cc(/C=C2\SC(=O)N(c3ccccc3Cl)C2=O)ccc1N1CCCC1. The third-order valence-electron chi connectivity index (χ3n) is 4.85.